The number of nitrogens with one attached hydrogen (secondary N) is 1. The van der Waals surface area contributed by atoms with Crippen LogP contribution in [0.25, 0.3) is 5.69 Å². The van der Waals surface area contributed by atoms with Crippen LogP contribution in [0.2, 0.25) is 0 Å². The highest BCUT2D eigenvalue weighted by atomic mass is 19.1. The molecular formula is C20H19FN6O3. The lowest BCUT2D eigenvalue weighted by molar-refractivity contribution is -0.125. The Labute approximate surface area is 171 Å². The number of fused-ring (bicyclic) bond motifs is 1. The lowest BCUT2D eigenvalue weighted by atomic mass is 10.1. The van der Waals surface area contributed by atoms with E-state index in [-0.39, 0.29) is 24.6 Å². The zero-order valence-corrected chi connectivity index (χ0v) is 16.4. The van der Waals surface area contributed by atoms with Gasteiger partial charge in [0.15, 0.2) is 11.9 Å². The number of ether oxygens (including phenoxy) is 1. The molecular weight excluding hydrogens is 391 g/mol. The second kappa shape index (κ2) is 7.90. The number of amides is 2. The minimum absolute atomic E-state index is 0.00877. The van der Waals surface area contributed by atoms with Crippen LogP contribution in [0.15, 0.2) is 42.5 Å². The molecule has 0 saturated carbocycles. The van der Waals surface area contributed by atoms with Crippen molar-refractivity contribution < 1.29 is 18.7 Å². The number of halogens is 1. The van der Waals surface area contributed by atoms with Crippen molar-refractivity contribution in [3.8, 4) is 11.4 Å². The number of aromatic nitrogens is 4. The maximum absolute atomic E-state index is 14.2. The Kier molecular flexibility index (Phi) is 5.13. The van der Waals surface area contributed by atoms with E-state index in [2.05, 4.69) is 20.8 Å². The molecule has 1 unspecified atom stereocenters. The minimum Gasteiger partial charge on any atom is -0.479 e. The van der Waals surface area contributed by atoms with E-state index in [9.17, 15) is 14.0 Å². The van der Waals surface area contributed by atoms with E-state index in [1.807, 2.05) is 6.07 Å². The van der Waals surface area contributed by atoms with Crippen LogP contribution >= 0.6 is 0 Å². The highest BCUT2D eigenvalue weighted by molar-refractivity contribution is 6.00. The highest BCUT2D eigenvalue weighted by Gasteiger charge is 2.31. The number of anilines is 2. The lowest BCUT2D eigenvalue weighted by Crippen LogP contribution is -2.45. The first-order valence-corrected chi connectivity index (χ1v) is 9.36. The number of para-hydroxylation sites is 2. The van der Waals surface area contributed by atoms with Crippen LogP contribution in [-0.2, 0) is 9.59 Å². The number of rotatable bonds is 5. The summed E-state index contributed by atoms with van der Waals surface area (Å²) in [6.07, 6.45) is -0.656. The molecule has 3 aromatic rings. The Morgan fingerprint density at radius 3 is 2.83 bits per heavy atom. The summed E-state index contributed by atoms with van der Waals surface area (Å²) in [4.78, 5) is 26.5. The molecule has 4 rings (SSSR count). The molecule has 30 heavy (non-hydrogen) atoms. The first-order valence-electron chi connectivity index (χ1n) is 9.36. The van der Waals surface area contributed by atoms with Gasteiger partial charge < -0.3 is 15.0 Å². The van der Waals surface area contributed by atoms with Crippen LogP contribution in [-0.4, -0.2) is 44.7 Å². The van der Waals surface area contributed by atoms with Crippen LogP contribution in [0, 0.1) is 12.7 Å². The van der Waals surface area contributed by atoms with Gasteiger partial charge in [-0.05, 0) is 54.6 Å². The molecule has 1 aromatic heterocycles. The molecule has 0 fully saturated rings. The number of carbonyl (C=O) groups excluding carboxylic acids is 2. The number of hydrogen-bond donors (Lipinski definition) is 1. The molecule has 2 amide bonds. The fraction of sp³-hybridized carbons (Fsp3) is 0.250. The van der Waals surface area contributed by atoms with E-state index in [1.54, 1.807) is 32.0 Å². The van der Waals surface area contributed by atoms with Crippen molar-refractivity contribution in [1.82, 2.24) is 20.2 Å². The highest BCUT2D eigenvalue weighted by Crippen LogP contribution is 2.33. The molecule has 0 radical (unpaired) electrons. The summed E-state index contributed by atoms with van der Waals surface area (Å²) >= 11 is 0. The quantitative estimate of drug-likeness (QED) is 0.692. The van der Waals surface area contributed by atoms with Gasteiger partial charge in [-0.2, -0.15) is 4.68 Å². The van der Waals surface area contributed by atoms with Crippen molar-refractivity contribution in [2.45, 2.75) is 26.4 Å². The van der Waals surface area contributed by atoms with Gasteiger partial charge in [-0.1, -0.05) is 12.1 Å². The van der Waals surface area contributed by atoms with Crippen molar-refractivity contribution in [3.05, 3.63) is 54.1 Å². The molecule has 1 aliphatic rings. The zero-order valence-electron chi connectivity index (χ0n) is 16.4. The van der Waals surface area contributed by atoms with E-state index >= 15 is 0 Å². The van der Waals surface area contributed by atoms with Gasteiger partial charge in [-0.25, -0.2) is 4.39 Å². The summed E-state index contributed by atoms with van der Waals surface area (Å²) in [6, 6.07) is 11.3. The van der Waals surface area contributed by atoms with Gasteiger partial charge in [-0.15, -0.1) is 5.10 Å². The maximum atomic E-state index is 14.2. The normalized spacial score (nSPS) is 15.5. The summed E-state index contributed by atoms with van der Waals surface area (Å²) in [5.74, 6) is -0.134. The van der Waals surface area contributed by atoms with Gasteiger partial charge in [0.25, 0.3) is 5.91 Å². The van der Waals surface area contributed by atoms with Gasteiger partial charge in [0.1, 0.15) is 11.6 Å². The van der Waals surface area contributed by atoms with Crippen molar-refractivity contribution in [3.63, 3.8) is 0 Å². The Hall–Kier alpha value is -3.82. The SMILES string of the molecule is Cc1nnnn1-c1ccc(F)c(NC(=O)CCN2C(=O)C(C)Oc3ccccc32)c1. The standard InChI is InChI=1S/C20H19FN6O3/c1-12-20(29)26(17-5-3-4-6-18(17)30-12)10-9-19(28)22-16-11-14(7-8-15(16)21)27-13(2)23-24-25-27/h3-8,11-12H,9-10H2,1-2H3,(H,22,28). The molecule has 1 aliphatic heterocycles. The summed E-state index contributed by atoms with van der Waals surface area (Å²) in [7, 11) is 0. The molecule has 1 N–H and O–H groups in total. The van der Waals surface area contributed by atoms with Crippen LogP contribution in [0.3, 0.4) is 0 Å². The number of carbonyl (C=O) groups is 2. The Balaban J connectivity index is 1.47. The van der Waals surface area contributed by atoms with Crippen LogP contribution in [0.5, 0.6) is 5.75 Å². The molecule has 9 nitrogen and oxygen atoms in total. The predicted molar refractivity (Wildman–Crippen MR) is 106 cm³/mol. The monoisotopic (exact) mass is 410 g/mol. The molecule has 154 valence electrons. The van der Waals surface area contributed by atoms with Crippen molar-refractivity contribution in [2.24, 2.45) is 0 Å². The van der Waals surface area contributed by atoms with Gasteiger partial charge in [0, 0.05) is 13.0 Å². The van der Waals surface area contributed by atoms with Crippen LogP contribution in [0.1, 0.15) is 19.2 Å². The van der Waals surface area contributed by atoms with E-state index in [1.165, 1.54) is 27.8 Å². The smallest absolute Gasteiger partial charge is 0.267 e. The van der Waals surface area contributed by atoms with Gasteiger partial charge >= 0.3 is 0 Å². The number of aryl methyl sites for hydroxylation is 1. The average Bonchev–Trinajstić information content (AvgIpc) is 3.16. The van der Waals surface area contributed by atoms with Crippen LogP contribution in [0.4, 0.5) is 15.8 Å². The Morgan fingerprint density at radius 2 is 2.07 bits per heavy atom. The second-order valence-electron chi connectivity index (χ2n) is 6.82. The topological polar surface area (TPSA) is 102 Å². The van der Waals surface area contributed by atoms with Crippen molar-refractivity contribution in [1.29, 1.82) is 0 Å². The number of benzene rings is 2. The van der Waals surface area contributed by atoms with Crippen molar-refractivity contribution >= 4 is 23.2 Å². The van der Waals surface area contributed by atoms with E-state index in [0.717, 1.165) is 0 Å². The van der Waals surface area contributed by atoms with Gasteiger partial charge in [-0.3, -0.25) is 9.59 Å². The summed E-state index contributed by atoms with van der Waals surface area (Å²) in [5, 5.41) is 13.7. The largest absolute Gasteiger partial charge is 0.479 e. The van der Waals surface area contributed by atoms with Gasteiger partial charge in [0.2, 0.25) is 5.91 Å². The third-order valence-corrected chi connectivity index (χ3v) is 4.73. The first-order chi connectivity index (χ1) is 14.4. The Morgan fingerprint density at radius 1 is 1.27 bits per heavy atom. The third kappa shape index (κ3) is 3.71. The minimum atomic E-state index is -0.642. The lowest BCUT2D eigenvalue weighted by Gasteiger charge is -2.32. The fourth-order valence-electron chi connectivity index (χ4n) is 3.23. The van der Waals surface area contributed by atoms with E-state index < -0.39 is 17.8 Å². The van der Waals surface area contributed by atoms with Gasteiger partial charge in [0.05, 0.1) is 17.1 Å². The summed E-state index contributed by atoms with van der Waals surface area (Å²) < 4.78 is 21.2. The summed E-state index contributed by atoms with van der Waals surface area (Å²) in [5.41, 5.74) is 1.13. The zero-order chi connectivity index (χ0) is 21.3. The average molecular weight is 410 g/mol. The number of tetrazole rings is 1. The molecule has 0 bridgehead atoms. The number of nitrogens with zero attached hydrogens (tertiary/aromatic N) is 5. The Bertz CT molecular complexity index is 1120. The number of hydrogen-bond acceptors (Lipinski definition) is 6. The predicted octanol–water partition coefficient (Wildman–Crippen LogP) is 2.25. The molecule has 0 saturated heterocycles. The molecule has 0 spiro atoms. The molecule has 2 heterocycles. The summed E-state index contributed by atoms with van der Waals surface area (Å²) in [6.45, 7) is 3.51. The van der Waals surface area contributed by atoms with E-state index in [4.69, 9.17) is 4.74 Å². The van der Waals surface area contributed by atoms with E-state index in [0.29, 0.717) is 22.9 Å². The third-order valence-electron chi connectivity index (χ3n) is 4.73. The second-order valence-corrected chi connectivity index (χ2v) is 6.82. The van der Waals surface area contributed by atoms with Crippen LogP contribution < -0.4 is 15.0 Å². The van der Waals surface area contributed by atoms with Crippen molar-refractivity contribution in [2.75, 3.05) is 16.8 Å². The molecule has 0 aliphatic carbocycles. The fourth-order valence-corrected chi connectivity index (χ4v) is 3.23. The first kappa shape index (κ1) is 19.5. The molecule has 1 atom stereocenters. The molecule has 2 aromatic carbocycles. The maximum Gasteiger partial charge on any atom is 0.267 e. The molecule has 10 heteroatoms.